The summed E-state index contributed by atoms with van der Waals surface area (Å²) >= 11 is 0. The number of aromatic hydroxyl groups is 1. The number of rotatable bonds is 2. The minimum absolute atomic E-state index is 0.0135. The van der Waals surface area contributed by atoms with E-state index in [2.05, 4.69) is 6.07 Å². The molecule has 1 fully saturated rings. The summed E-state index contributed by atoms with van der Waals surface area (Å²) in [4.78, 5) is 0. The van der Waals surface area contributed by atoms with E-state index in [1.807, 2.05) is 6.07 Å². The number of aryl methyl sites for hydroxylation is 2. The lowest BCUT2D eigenvalue weighted by atomic mass is 9.88. The van der Waals surface area contributed by atoms with Crippen molar-refractivity contribution in [1.29, 1.82) is 0 Å². The molecule has 1 saturated carbocycles. The number of nitrogens with two attached hydrogens (primary N) is 1. The van der Waals surface area contributed by atoms with E-state index in [9.17, 15) is 5.11 Å². The van der Waals surface area contributed by atoms with Crippen LogP contribution in [0, 0.1) is 0 Å². The molecule has 0 aliphatic heterocycles. The number of phenolic OH excluding ortho intramolecular Hbond substituents is 1. The topological polar surface area (TPSA) is 46.2 Å². The Labute approximate surface area is 96.5 Å². The first-order valence-corrected chi connectivity index (χ1v) is 6.29. The van der Waals surface area contributed by atoms with Crippen molar-refractivity contribution in [2.75, 3.05) is 0 Å². The molecule has 0 amide bonds. The lowest BCUT2D eigenvalue weighted by molar-refractivity contribution is 0.461. The Morgan fingerprint density at radius 2 is 1.75 bits per heavy atom. The van der Waals surface area contributed by atoms with Gasteiger partial charge in [-0.05, 0) is 67.7 Å². The Kier molecular flexibility index (Phi) is 2.21. The highest BCUT2D eigenvalue weighted by atomic mass is 16.3. The largest absolute Gasteiger partial charge is 0.508 e. The molecule has 0 aromatic heterocycles. The van der Waals surface area contributed by atoms with Crippen molar-refractivity contribution in [1.82, 2.24) is 0 Å². The number of hydrogen-bond acceptors (Lipinski definition) is 2. The molecule has 0 unspecified atom stereocenters. The minimum atomic E-state index is -0.0135. The Balaban J connectivity index is 1.92. The van der Waals surface area contributed by atoms with Crippen molar-refractivity contribution in [3.05, 3.63) is 28.8 Å². The summed E-state index contributed by atoms with van der Waals surface area (Å²) in [5.41, 5.74) is 9.93. The van der Waals surface area contributed by atoms with Crippen LogP contribution in [0.4, 0.5) is 0 Å². The van der Waals surface area contributed by atoms with Gasteiger partial charge >= 0.3 is 0 Å². The van der Waals surface area contributed by atoms with Crippen molar-refractivity contribution < 1.29 is 5.11 Å². The van der Waals surface area contributed by atoms with E-state index in [-0.39, 0.29) is 5.54 Å². The molecule has 2 nitrogen and oxygen atoms in total. The van der Waals surface area contributed by atoms with Crippen LogP contribution in [0.5, 0.6) is 5.75 Å². The van der Waals surface area contributed by atoms with Crippen molar-refractivity contribution in [2.24, 2.45) is 5.73 Å². The summed E-state index contributed by atoms with van der Waals surface area (Å²) in [5.74, 6) is 0.456. The number of hydrogen-bond donors (Lipinski definition) is 2. The van der Waals surface area contributed by atoms with Crippen molar-refractivity contribution in [2.45, 2.75) is 50.5 Å². The van der Waals surface area contributed by atoms with Crippen LogP contribution in [0.15, 0.2) is 12.1 Å². The maximum Gasteiger partial charge on any atom is 0.119 e. The molecular weight excluding hydrogens is 198 g/mol. The maximum absolute atomic E-state index is 10.0. The Hall–Kier alpha value is -1.02. The van der Waals surface area contributed by atoms with Crippen molar-refractivity contribution >= 4 is 0 Å². The van der Waals surface area contributed by atoms with Crippen molar-refractivity contribution in [3.63, 3.8) is 0 Å². The van der Waals surface area contributed by atoms with Crippen LogP contribution in [0.3, 0.4) is 0 Å². The highest BCUT2D eigenvalue weighted by molar-refractivity contribution is 5.44. The third-order valence-electron chi connectivity index (χ3n) is 3.98. The van der Waals surface area contributed by atoms with E-state index in [1.54, 1.807) is 0 Å². The molecule has 0 radical (unpaired) electrons. The van der Waals surface area contributed by atoms with Crippen LogP contribution >= 0.6 is 0 Å². The van der Waals surface area contributed by atoms with Crippen LogP contribution in [-0.2, 0) is 19.3 Å². The van der Waals surface area contributed by atoms with Crippen LogP contribution < -0.4 is 5.73 Å². The molecule has 1 aromatic carbocycles. The zero-order chi connectivity index (χ0) is 11.2. The van der Waals surface area contributed by atoms with E-state index in [4.69, 9.17) is 5.73 Å². The Morgan fingerprint density at radius 1 is 1.12 bits per heavy atom. The molecule has 16 heavy (non-hydrogen) atoms. The molecule has 3 rings (SSSR count). The highest BCUT2D eigenvalue weighted by Crippen LogP contribution is 2.39. The quantitative estimate of drug-likeness (QED) is 0.798. The van der Waals surface area contributed by atoms with Gasteiger partial charge in [0.2, 0.25) is 0 Å². The number of benzene rings is 1. The number of fused-ring (bicyclic) bond motifs is 1. The van der Waals surface area contributed by atoms with Crippen LogP contribution in [-0.4, -0.2) is 10.6 Å². The van der Waals surface area contributed by atoms with Gasteiger partial charge in [0.1, 0.15) is 5.75 Å². The summed E-state index contributed by atoms with van der Waals surface area (Å²) in [5, 5.41) is 10.0. The standard InChI is InChI=1S/C14H19NO/c15-14(5-6-14)9-12-7-10-3-1-2-4-11(10)8-13(12)16/h7-8,16H,1-6,9,15H2. The highest BCUT2D eigenvalue weighted by Gasteiger charge is 2.38. The zero-order valence-electron chi connectivity index (χ0n) is 9.63. The Bertz CT molecular complexity index is 421. The molecule has 0 spiro atoms. The van der Waals surface area contributed by atoms with Crippen LogP contribution in [0.2, 0.25) is 0 Å². The lowest BCUT2D eigenvalue weighted by Crippen LogP contribution is -2.24. The fourth-order valence-electron chi connectivity index (χ4n) is 2.68. The summed E-state index contributed by atoms with van der Waals surface area (Å²) in [6.45, 7) is 0. The summed E-state index contributed by atoms with van der Waals surface area (Å²) in [7, 11) is 0. The fourth-order valence-corrected chi connectivity index (χ4v) is 2.68. The van der Waals surface area contributed by atoms with E-state index >= 15 is 0 Å². The molecular formula is C14H19NO. The predicted molar refractivity (Wildman–Crippen MR) is 64.6 cm³/mol. The predicted octanol–water partition coefficient (Wildman–Crippen LogP) is 2.30. The van der Waals surface area contributed by atoms with Gasteiger partial charge in [-0.15, -0.1) is 0 Å². The van der Waals surface area contributed by atoms with Gasteiger partial charge in [0.05, 0.1) is 0 Å². The van der Waals surface area contributed by atoms with Gasteiger partial charge in [-0.3, -0.25) is 0 Å². The summed E-state index contributed by atoms with van der Waals surface area (Å²) in [6.07, 6.45) is 7.87. The maximum atomic E-state index is 10.0. The first-order chi connectivity index (χ1) is 7.66. The minimum Gasteiger partial charge on any atom is -0.508 e. The molecule has 2 aliphatic rings. The second-order valence-corrected chi connectivity index (χ2v) is 5.50. The van der Waals surface area contributed by atoms with E-state index in [0.29, 0.717) is 5.75 Å². The van der Waals surface area contributed by atoms with Gasteiger partial charge in [-0.2, -0.15) is 0 Å². The molecule has 2 heteroatoms. The first-order valence-electron chi connectivity index (χ1n) is 6.29. The van der Waals surface area contributed by atoms with Crippen molar-refractivity contribution in [3.8, 4) is 5.75 Å². The number of phenols is 1. The van der Waals surface area contributed by atoms with Crippen LogP contribution in [0.25, 0.3) is 0 Å². The Morgan fingerprint density at radius 3 is 2.38 bits per heavy atom. The second kappa shape index (κ2) is 3.49. The second-order valence-electron chi connectivity index (χ2n) is 5.50. The van der Waals surface area contributed by atoms with Gasteiger partial charge in [0.25, 0.3) is 0 Å². The first kappa shape index (κ1) is 10.2. The average molecular weight is 217 g/mol. The lowest BCUT2D eigenvalue weighted by Gasteiger charge is -2.19. The fraction of sp³-hybridized carbons (Fsp3) is 0.571. The van der Waals surface area contributed by atoms with Crippen LogP contribution in [0.1, 0.15) is 42.4 Å². The third-order valence-corrected chi connectivity index (χ3v) is 3.98. The van der Waals surface area contributed by atoms with Gasteiger partial charge in [0.15, 0.2) is 0 Å². The zero-order valence-corrected chi connectivity index (χ0v) is 9.63. The SMILES string of the molecule is NC1(Cc2cc3c(cc2O)CCCC3)CC1. The molecule has 1 aromatic rings. The van der Waals surface area contributed by atoms with Gasteiger partial charge in [0, 0.05) is 5.54 Å². The monoisotopic (exact) mass is 217 g/mol. The third kappa shape index (κ3) is 1.82. The normalized spacial score (nSPS) is 21.6. The molecule has 0 bridgehead atoms. The smallest absolute Gasteiger partial charge is 0.119 e. The van der Waals surface area contributed by atoms with Gasteiger partial charge in [-0.1, -0.05) is 6.07 Å². The van der Waals surface area contributed by atoms with Gasteiger partial charge in [-0.25, -0.2) is 0 Å². The van der Waals surface area contributed by atoms with E-state index in [1.165, 1.54) is 30.4 Å². The van der Waals surface area contributed by atoms with E-state index in [0.717, 1.165) is 31.2 Å². The summed E-state index contributed by atoms with van der Waals surface area (Å²) in [6, 6.07) is 4.16. The molecule has 0 heterocycles. The average Bonchev–Trinajstić information content (AvgIpc) is 2.97. The summed E-state index contributed by atoms with van der Waals surface area (Å²) < 4.78 is 0. The van der Waals surface area contributed by atoms with Gasteiger partial charge < -0.3 is 10.8 Å². The van der Waals surface area contributed by atoms with E-state index < -0.39 is 0 Å². The molecule has 86 valence electrons. The molecule has 2 aliphatic carbocycles. The molecule has 3 N–H and O–H groups in total. The molecule has 0 atom stereocenters. The molecule has 0 saturated heterocycles.